The number of carbonyl (C=O) groups is 1. The molecule has 1 aliphatic carbocycles. The van der Waals surface area contributed by atoms with E-state index in [9.17, 15) is 18.3 Å². The van der Waals surface area contributed by atoms with E-state index in [-0.39, 0.29) is 30.0 Å². The summed E-state index contributed by atoms with van der Waals surface area (Å²) < 4.78 is 44.3. The Kier molecular flexibility index (Phi) is 5.22. The molecule has 1 aliphatic heterocycles. The van der Waals surface area contributed by atoms with Crippen molar-refractivity contribution in [1.82, 2.24) is 0 Å². The molecule has 26 heavy (non-hydrogen) atoms. The van der Waals surface area contributed by atoms with Gasteiger partial charge in [0.15, 0.2) is 5.79 Å². The SMILES string of the molecule is CCOC(=O)C1=CC2(CCC1S(=O)(=O)Nc1ccccc1O)OCCO2. The highest BCUT2D eigenvalue weighted by Gasteiger charge is 2.46. The van der Waals surface area contributed by atoms with Gasteiger partial charge in [-0.05, 0) is 31.6 Å². The number of anilines is 1. The van der Waals surface area contributed by atoms with Gasteiger partial charge in [-0.1, -0.05) is 12.1 Å². The van der Waals surface area contributed by atoms with Crippen LogP contribution in [0.1, 0.15) is 19.8 Å². The van der Waals surface area contributed by atoms with Gasteiger partial charge in [-0.3, -0.25) is 4.72 Å². The van der Waals surface area contributed by atoms with E-state index >= 15 is 0 Å². The minimum Gasteiger partial charge on any atom is -0.506 e. The lowest BCUT2D eigenvalue weighted by molar-refractivity contribution is -0.143. The van der Waals surface area contributed by atoms with Crippen LogP contribution >= 0.6 is 0 Å². The number of sulfonamides is 1. The maximum absolute atomic E-state index is 12.9. The van der Waals surface area contributed by atoms with E-state index in [1.54, 1.807) is 19.1 Å². The van der Waals surface area contributed by atoms with Crippen LogP contribution < -0.4 is 4.72 Å². The van der Waals surface area contributed by atoms with Crippen LogP contribution in [0.3, 0.4) is 0 Å². The topological polar surface area (TPSA) is 111 Å². The van der Waals surface area contributed by atoms with Crippen molar-refractivity contribution in [1.29, 1.82) is 0 Å². The number of aromatic hydroxyl groups is 1. The van der Waals surface area contributed by atoms with Crippen molar-refractivity contribution >= 4 is 21.7 Å². The van der Waals surface area contributed by atoms with Crippen LogP contribution in [0, 0.1) is 0 Å². The van der Waals surface area contributed by atoms with Crippen LogP contribution in [-0.2, 0) is 29.0 Å². The molecule has 9 heteroatoms. The van der Waals surface area contributed by atoms with Gasteiger partial charge in [0.05, 0.1) is 31.1 Å². The van der Waals surface area contributed by atoms with Crippen molar-refractivity contribution in [2.24, 2.45) is 0 Å². The first-order valence-corrected chi connectivity index (χ1v) is 9.89. The Morgan fingerprint density at radius 1 is 1.35 bits per heavy atom. The zero-order chi connectivity index (χ0) is 18.8. The molecule has 2 N–H and O–H groups in total. The minimum atomic E-state index is -4.01. The highest BCUT2D eigenvalue weighted by Crippen LogP contribution is 2.38. The maximum atomic E-state index is 12.9. The van der Waals surface area contributed by atoms with Gasteiger partial charge < -0.3 is 19.3 Å². The molecular weight excluding hydrogens is 362 g/mol. The molecule has 0 radical (unpaired) electrons. The average Bonchev–Trinajstić information content (AvgIpc) is 3.04. The Labute approximate surface area is 151 Å². The number of hydrogen-bond acceptors (Lipinski definition) is 7. The predicted molar refractivity (Wildman–Crippen MR) is 93.0 cm³/mol. The van der Waals surface area contributed by atoms with Crippen LogP contribution in [-0.4, -0.2) is 50.4 Å². The molecule has 0 saturated carbocycles. The highest BCUT2D eigenvalue weighted by atomic mass is 32.2. The standard InChI is InChI=1S/C17H21NO7S/c1-2-23-16(20)12-11-17(24-9-10-25-17)8-7-15(12)26(21,22)18-13-5-3-4-6-14(13)19/h3-6,11,15,18-19H,2,7-10H2,1H3. The third kappa shape index (κ3) is 3.69. The monoisotopic (exact) mass is 383 g/mol. The Balaban J connectivity index is 1.93. The van der Waals surface area contributed by atoms with E-state index in [2.05, 4.69) is 4.72 Å². The molecule has 2 aliphatic rings. The second-order valence-corrected chi connectivity index (χ2v) is 7.88. The number of phenols is 1. The Morgan fingerprint density at radius 3 is 2.69 bits per heavy atom. The molecule has 1 atom stereocenters. The summed E-state index contributed by atoms with van der Waals surface area (Å²) in [5.74, 6) is -2.01. The molecule has 142 valence electrons. The fraction of sp³-hybridized carbons (Fsp3) is 0.471. The number of para-hydroxylation sites is 2. The van der Waals surface area contributed by atoms with Gasteiger partial charge in [0.25, 0.3) is 0 Å². The number of rotatable bonds is 5. The molecule has 1 spiro atoms. The van der Waals surface area contributed by atoms with Crippen LogP contribution in [0.25, 0.3) is 0 Å². The number of carbonyl (C=O) groups excluding carboxylic acids is 1. The van der Waals surface area contributed by atoms with Crippen molar-refractivity contribution < 1.29 is 32.5 Å². The quantitative estimate of drug-likeness (QED) is 0.586. The lowest BCUT2D eigenvalue weighted by atomic mass is 9.94. The van der Waals surface area contributed by atoms with E-state index in [4.69, 9.17) is 14.2 Å². The summed E-state index contributed by atoms with van der Waals surface area (Å²) in [7, 11) is -4.01. The first-order chi connectivity index (χ1) is 12.4. The largest absolute Gasteiger partial charge is 0.506 e. The number of esters is 1. The van der Waals surface area contributed by atoms with Crippen molar-refractivity contribution in [2.45, 2.75) is 30.8 Å². The molecule has 1 aromatic carbocycles. The summed E-state index contributed by atoms with van der Waals surface area (Å²) in [6.07, 6.45) is 1.83. The molecule has 1 heterocycles. The second kappa shape index (κ2) is 7.26. The molecule has 1 aromatic rings. The Morgan fingerprint density at radius 2 is 2.04 bits per heavy atom. The van der Waals surface area contributed by atoms with E-state index in [0.717, 1.165) is 0 Å². The molecule has 0 aromatic heterocycles. The first kappa shape index (κ1) is 18.7. The minimum absolute atomic E-state index is 0.0251. The summed E-state index contributed by atoms with van der Waals surface area (Å²) in [4.78, 5) is 12.4. The fourth-order valence-electron chi connectivity index (χ4n) is 3.10. The molecule has 1 saturated heterocycles. The summed E-state index contributed by atoms with van der Waals surface area (Å²) in [5.41, 5.74) is 0.0206. The number of phenolic OH excluding ortho intramolecular Hbond substituents is 1. The lowest BCUT2D eigenvalue weighted by Crippen LogP contribution is -2.42. The van der Waals surface area contributed by atoms with Gasteiger partial charge >= 0.3 is 5.97 Å². The Bertz CT molecular complexity index is 812. The molecule has 3 rings (SSSR count). The zero-order valence-electron chi connectivity index (χ0n) is 14.3. The fourth-order valence-corrected chi connectivity index (χ4v) is 4.65. The van der Waals surface area contributed by atoms with Crippen molar-refractivity contribution in [2.75, 3.05) is 24.5 Å². The second-order valence-electron chi connectivity index (χ2n) is 6.02. The normalized spacial score (nSPS) is 22.0. The molecule has 8 nitrogen and oxygen atoms in total. The van der Waals surface area contributed by atoms with Crippen LogP contribution in [0.5, 0.6) is 5.75 Å². The number of benzene rings is 1. The van der Waals surface area contributed by atoms with Crippen molar-refractivity contribution in [3.05, 3.63) is 35.9 Å². The highest BCUT2D eigenvalue weighted by molar-refractivity contribution is 7.93. The predicted octanol–water partition coefficient (Wildman–Crippen LogP) is 1.53. The van der Waals surface area contributed by atoms with Gasteiger partial charge in [-0.15, -0.1) is 0 Å². The number of ether oxygens (including phenoxy) is 3. The molecule has 1 unspecified atom stereocenters. The molecule has 1 fully saturated rings. The van der Waals surface area contributed by atoms with Crippen LogP contribution in [0.15, 0.2) is 35.9 Å². The number of hydrogen-bond donors (Lipinski definition) is 2. The van der Waals surface area contributed by atoms with Crippen molar-refractivity contribution in [3.63, 3.8) is 0 Å². The van der Waals surface area contributed by atoms with E-state index in [0.29, 0.717) is 19.6 Å². The summed E-state index contributed by atoms with van der Waals surface area (Å²) in [6.45, 7) is 2.51. The smallest absolute Gasteiger partial charge is 0.335 e. The van der Waals surface area contributed by atoms with Gasteiger partial charge in [-0.2, -0.15) is 0 Å². The molecule has 0 bridgehead atoms. The number of nitrogens with one attached hydrogen (secondary N) is 1. The Hall–Kier alpha value is -2.10. The van der Waals surface area contributed by atoms with Gasteiger partial charge in [0, 0.05) is 6.42 Å². The van der Waals surface area contributed by atoms with Gasteiger partial charge in [0.2, 0.25) is 10.0 Å². The van der Waals surface area contributed by atoms with Gasteiger partial charge in [0.1, 0.15) is 11.0 Å². The third-order valence-corrected chi connectivity index (χ3v) is 6.04. The van der Waals surface area contributed by atoms with E-state index in [1.807, 2.05) is 0 Å². The van der Waals surface area contributed by atoms with Gasteiger partial charge in [-0.25, -0.2) is 13.2 Å². The lowest BCUT2D eigenvalue weighted by Gasteiger charge is -2.33. The summed E-state index contributed by atoms with van der Waals surface area (Å²) >= 11 is 0. The molecule has 0 amide bonds. The van der Waals surface area contributed by atoms with Crippen LogP contribution in [0.4, 0.5) is 5.69 Å². The average molecular weight is 383 g/mol. The molecular formula is C17H21NO7S. The zero-order valence-corrected chi connectivity index (χ0v) is 15.1. The van der Waals surface area contributed by atoms with Crippen LogP contribution in [0.2, 0.25) is 0 Å². The summed E-state index contributed by atoms with van der Waals surface area (Å²) in [5, 5.41) is 8.69. The third-order valence-electron chi connectivity index (χ3n) is 4.30. The maximum Gasteiger partial charge on any atom is 0.335 e. The van der Waals surface area contributed by atoms with Crippen molar-refractivity contribution in [3.8, 4) is 5.75 Å². The summed E-state index contributed by atoms with van der Waals surface area (Å²) in [6, 6.07) is 5.98. The van der Waals surface area contributed by atoms with E-state index < -0.39 is 27.0 Å². The van der Waals surface area contributed by atoms with E-state index in [1.165, 1.54) is 18.2 Å². The first-order valence-electron chi connectivity index (χ1n) is 8.34.